The minimum atomic E-state index is -0.308. The van der Waals surface area contributed by atoms with Crippen LogP contribution < -0.4 is 11.1 Å². The average molecular weight is 476 g/mol. The van der Waals surface area contributed by atoms with Gasteiger partial charge in [-0.3, -0.25) is 9.36 Å². The molecule has 2 aromatic heterocycles. The summed E-state index contributed by atoms with van der Waals surface area (Å²) < 4.78 is 1.68. The number of fused-ring (bicyclic) bond motifs is 2. The highest BCUT2D eigenvalue weighted by atomic mass is 35.5. The van der Waals surface area contributed by atoms with Crippen LogP contribution in [0.25, 0.3) is 27.9 Å². The second kappa shape index (κ2) is 8.73. The SMILES string of the molecule is Nc1c(C(=O)NCCc2ccccc2)c2nc3ccccc3nc2n1-c1ccc(Cl)c(Cl)c1. The van der Waals surface area contributed by atoms with Gasteiger partial charge < -0.3 is 11.1 Å². The summed E-state index contributed by atoms with van der Waals surface area (Å²) in [5, 5.41) is 3.76. The van der Waals surface area contributed by atoms with Gasteiger partial charge in [0.1, 0.15) is 16.9 Å². The molecule has 0 atom stereocenters. The standard InChI is InChI=1S/C25H19Cl2N5O/c26-17-11-10-16(14-18(17)27)32-23(28)21(25(33)29-13-12-15-6-2-1-3-7-15)22-24(32)31-20-9-5-4-8-19(20)30-22/h1-11,14H,12-13,28H2,(H,29,33). The zero-order valence-corrected chi connectivity index (χ0v) is 18.9. The first-order valence-corrected chi connectivity index (χ1v) is 11.1. The van der Waals surface area contributed by atoms with Gasteiger partial charge in [0.25, 0.3) is 5.91 Å². The summed E-state index contributed by atoms with van der Waals surface area (Å²) in [6, 6.07) is 22.6. The number of anilines is 1. The third-order valence-electron chi connectivity index (χ3n) is 5.43. The normalized spacial score (nSPS) is 11.2. The zero-order valence-electron chi connectivity index (χ0n) is 17.4. The van der Waals surface area contributed by atoms with Crippen molar-refractivity contribution in [2.75, 3.05) is 12.3 Å². The molecule has 3 N–H and O–H groups in total. The molecule has 33 heavy (non-hydrogen) atoms. The minimum absolute atomic E-state index is 0.232. The lowest BCUT2D eigenvalue weighted by molar-refractivity contribution is 0.0956. The maximum Gasteiger partial charge on any atom is 0.257 e. The Morgan fingerprint density at radius 3 is 2.33 bits per heavy atom. The summed E-state index contributed by atoms with van der Waals surface area (Å²) in [6.07, 6.45) is 0.701. The Labute approximate surface area is 200 Å². The molecule has 1 amide bonds. The van der Waals surface area contributed by atoms with Gasteiger partial charge in [0.05, 0.1) is 26.8 Å². The summed E-state index contributed by atoms with van der Waals surface area (Å²) in [4.78, 5) is 22.7. The first-order chi connectivity index (χ1) is 16.0. The van der Waals surface area contributed by atoms with Gasteiger partial charge in [-0.15, -0.1) is 0 Å². The summed E-state index contributed by atoms with van der Waals surface area (Å²) in [5.41, 5.74) is 10.8. The third kappa shape index (κ3) is 3.99. The molecule has 0 aliphatic heterocycles. The molecular formula is C25H19Cl2N5O. The Morgan fingerprint density at radius 2 is 1.61 bits per heavy atom. The monoisotopic (exact) mass is 475 g/mol. The summed E-state index contributed by atoms with van der Waals surface area (Å²) in [5.74, 6) is -0.0762. The molecule has 0 bridgehead atoms. The molecule has 5 aromatic rings. The fourth-order valence-electron chi connectivity index (χ4n) is 3.82. The van der Waals surface area contributed by atoms with Crippen molar-refractivity contribution in [3.8, 4) is 5.69 Å². The molecule has 0 spiro atoms. The van der Waals surface area contributed by atoms with Crippen molar-refractivity contribution in [3.05, 3.63) is 94.0 Å². The van der Waals surface area contributed by atoms with E-state index >= 15 is 0 Å². The first-order valence-electron chi connectivity index (χ1n) is 10.4. The molecule has 0 unspecified atom stereocenters. The number of nitrogens with one attached hydrogen (secondary N) is 1. The summed E-state index contributed by atoms with van der Waals surface area (Å²) >= 11 is 12.4. The van der Waals surface area contributed by atoms with Crippen LogP contribution in [-0.2, 0) is 6.42 Å². The van der Waals surface area contributed by atoms with Gasteiger partial charge in [0.2, 0.25) is 0 Å². The second-order valence-electron chi connectivity index (χ2n) is 7.57. The Morgan fingerprint density at radius 1 is 0.909 bits per heavy atom. The van der Waals surface area contributed by atoms with E-state index in [2.05, 4.69) is 5.32 Å². The van der Waals surface area contributed by atoms with Crippen LogP contribution in [0.2, 0.25) is 10.0 Å². The van der Waals surface area contributed by atoms with Crippen LogP contribution in [0.15, 0.2) is 72.8 Å². The Kier molecular flexibility index (Phi) is 5.62. The molecule has 5 rings (SSSR count). The maximum absolute atomic E-state index is 13.3. The van der Waals surface area contributed by atoms with Gasteiger partial charge >= 0.3 is 0 Å². The summed E-state index contributed by atoms with van der Waals surface area (Å²) in [7, 11) is 0. The van der Waals surface area contributed by atoms with Crippen LogP contribution in [-0.4, -0.2) is 27.0 Å². The fourth-order valence-corrected chi connectivity index (χ4v) is 4.12. The van der Waals surface area contributed by atoms with Gasteiger partial charge in [0.15, 0.2) is 5.65 Å². The lowest BCUT2D eigenvalue weighted by Gasteiger charge is -2.09. The van der Waals surface area contributed by atoms with Crippen LogP contribution in [0.3, 0.4) is 0 Å². The number of aromatic nitrogens is 3. The molecule has 8 heteroatoms. The molecule has 3 aromatic carbocycles. The topological polar surface area (TPSA) is 85.8 Å². The molecular weight excluding hydrogens is 457 g/mol. The predicted octanol–water partition coefficient (Wildman–Crippen LogP) is 5.44. The van der Waals surface area contributed by atoms with E-state index < -0.39 is 0 Å². The quantitative estimate of drug-likeness (QED) is 0.354. The fraction of sp³-hybridized carbons (Fsp3) is 0.0800. The van der Waals surface area contributed by atoms with Crippen LogP contribution in [0.5, 0.6) is 0 Å². The molecule has 6 nitrogen and oxygen atoms in total. The number of carbonyl (C=O) groups excluding carboxylic acids is 1. The van der Waals surface area contributed by atoms with Crippen molar-refractivity contribution < 1.29 is 4.79 Å². The number of rotatable bonds is 5. The first kappa shape index (κ1) is 21.2. The van der Waals surface area contributed by atoms with Crippen molar-refractivity contribution >= 4 is 57.1 Å². The average Bonchev–Trinajstić information content (AvgIpc) is 3.10. The molecule has 2 heterocycles. The van der Waals surface area contributed by atoms with Crippen molar-refractivity contribution in [1.29, 1.82) is 0 Å². The number of nitrogen functional groups attached to an aromatic ring is 1. The molecule has 0 saturated heterocycles. The molecule has 0 radical (unpaired) electrons. The Bertz CT molecular complexity index is 1500. The Hall–Kier alpha value is -3.61. The molecule has 0 fully saturated rings. The zero-order chi connectivity index (χ0) is 22.9. The van der Waals surface area contributed by atoms with Crippen molar-refractivity contribution in [2.24, 2.45) is 0 Å². The number of para-hydroxylation sites is 2. The van der Waals surface area contributed by atoms with Crippen LogP contribution in [0.4, 0.5) is 5.82 Å². The third-order valence-corrected chi connectivity index (χ3v) is 6.17. The molecule has 164 valence electrons. The number of nitrogens with zero attached hydrogens (tertiary/aromatic N) is 3. The van der Waals surface area contributed by atoms with E-state index in [4.69, 9.17) is 38.9 Å². The highest BCUT2D eigenvalue weighted by molar-refractivity contribution is 6.42. The van der Waals surface area contributed by atoms with E-state index in [-0.39, 0.29) is 17.3 Å². The number of hydrogen-bond acceptors (Lipinski definition) is 4. The molecule has 0 saturated carbocycles. The van der Waals surface area contributed by atoms with Gasteiger partial charge in [-0.1, -0.05) is 65.7 Å². The number of benzene rings is 3. The van der Waals surface area contributed by atoms with Gasteiger partial charge in [-0.05, 0) is 42.3 Å². The number of nitrogens with two attached hydrogens (primary N) is 1. The van der Waals surface area contributed by atoms with Crippen molar-refractivity contribution in [2.45, 2.75) is 6.42 Å². The predicted molar refractivity (Wildman–Crippen MR) is 133 cm³/mol. The Balaban J connectivity index is 1.61. The van der Waals surface area contributed by atoms with E-state index in [1.165, 1.54) is 0 Å². The van der Waals surface area contributed by atoms with E-state index in [0.717, 1.165) is 5.56 Å². The number of carbonyl (C=O) groups is 1. The van der Waals surface area contributed by atoms with Crippen molar-refractivity contribution in [1.82, 2.24) is 19.9 Å². The highest BCUT2D eigenvalue weighted by Gasteiger charge is 2.25. The number of amides is 1. The van der Waals surface area contributed by atoms with E-state index in [1.54, 1.807) is 22.8 Å². The molecule has 0 aliphatic carbocycles. The lowest BCUT2D eigenvalue weighted by atomic mass is 10.1. The van der Waals surface area contributed by atoms with Crippen LogP contribution in [0.1, 0.15) is 15.9 Å². The summed E-state index contributed by atoms with van der Waals surface area (Å²) in [6.45, 7) is 0.461. The van der Waals surface area contributed by atoms with E-state index in [0.29, 0.717) is 50.9 Å². The maximum atomic E-state index is 13.3. The smallest absolute Gasteiger partial charge is 0.257 e. The molecule has 0 aliphatic rings. The van der Waals surface area contributed by atoms with Crippen LogP contribution >= 0.6 is 23.2 Å². The van der Waals surface area contributed by atoms with Gasteiger partial charge in [0, 0.05) is 6.54 Å². The van der Waals surface area contributed by atoms with Crippen molar-refractivity contribution in [3.63, 3.8) is 0 Å². The van der Waals surface area contributed by atoms with Gasteiger partial charge in [-0.2, -0.15) is 0 Å². The lowest BCUT2D eigenvalue weighted by Crippen LogP contribution is -2.26. The number of halogens is 2. The largest absolute Gasteiger partial charge is 0.384 e. The minimum Gasteiger partial charge on any atom is -0.384 e. The van der Waals surface area contributed by atoms with E-state index in [1.807, 2.05) is 54.6 Å². The van der Waals surface area contributed by atoms with Gasteiger partial charge in [-0.25, -0.2) is 9.97 Å². The van der Waals surface area contributed by atoms with E-state index in [9.17, 15) is 4.79 Å². The number of hydrogen-bond donors (Lipinski definition) is 2. The second-order valence-corrected chi connectivity index (χ2v) is 8.38. The highest BCUT2D eigenvalue weighted by Crippen LogP contribution is 2.33. The van der Waals surface area contributed by atoms with Crippen LogP contribution in [0, 0.1) is 0 Å².